The normalized spacial score (nSPS) is 10.7. The second kappa shape index (κ2) is 8.54. The third kappa shape index (κ3) is 17.2. The van der Waals surface area contributed by atoms with Crippen LogP contribution in [-0.4, -0.2) is 11.8 Å². The number of rotatable bonds is 4. The van der Waals surface area contributed by atoms with Gasteiger partial charge in [0.2, 0.25) is 0 Å². The van der Waals surface area contributed by atoms with E-state index in [1.807, 2.05) is 13.8 Å². The van der Waals surface area contributed by atoms with Gasteiger partial charge in [-0.1, -0.05) is 33.9 Å². The molecule has 0 aromatic heterocycles. The summed E-state index contributed by atoms with van der Waals surface area (Å²) in [6.07, 6.45) is 4.93. The minimum absolute atomic E-state index is 0.129. The van der Waals surface area contributed by atoms with Gasteiger partial charge in [0.15, 0.2) is 0 Å². The summed E-state index contributed by atoms with van der Waals surface area (Å²) >= 11 is 0. The monoisotopic (exact) mass is 196 g/mol. The first-order valence-electron chi connectivity index (χ1n) is 4.89. The molecule has 1 N–H and O–H groups in total. The molecule has 0 aliphatic carbocycles. The number of hydrogen-bond donors (Lipinski definition) is 1. The highest BCUT2D eigenvalue weighted by atomic mass is 14.9. The van der Waals surface area contributed by atoms with Crippen LogP contribution in [0.1, 0.15) is 34.6 Å². The van der Waals surface area contributed by atoms with Crippen LogP contribution in [-0.2, 0) is 0 Å². The first-order valence-corrected chi connectivity index (χ1v) is 4.89. The van der Waals surface area contributed by atoms with Gasteiger partial charge >= 0.3 is 0 Å². The van der Waals surface area contributed by atoms with E-state index in [9.17, 15) is 0 Å². The summed E-state index contributed by atoms with van der Waals surface area (Å²) < 4.78 is 0. The van der Waals surface area contributed by atoms with Gasteiger partial charge in [0, 0.05) is 12.4 Å². The van der Waals surface area contributed by atoms with Gasteiger partial charge < -0.3 is 5.32 Å². The molecule has 0 aliphatic rings. The van der Waals surface area contributed by atoms with E-state index in [1.165, 1.54) is 6.20 Å². The SMILES string of the molecule is C=CN=CC(C)(C)NC=C.CC(C)C. The fraction of sp³-hybridized carbons (Fsp3) is 0.583. The maximum absolute atomic E-state index is 3.89. The Kier molecular flexibility index (Phi) is 9.41. The first-order chi connectivity index (χ1) is 6.35. The van der Waals surface area contributed by atoms with Crippen molar-refractivity contribution in [3.8, 4) is 0 Å². The number of hydrogen-bond acceptors (Lipinski definition) is 2. The van der Waals surface area contributed by atoms with Crippen molar-refractivity contribution in [1.82, 2.24) is 5.32 Å². The molecular formula is C12H24N2. The van der Waals surface area contributed by atoms with Gasteiger partial charge in [-0.05, 0) is 26.0 Å². The van der Waals surface area contributed by atoms with Crippen molar-refractivity contribution < 1.29 is 0 Å². The summed E-state index contributed by atoms with van der Waals surface area (Å²) in [5, 5.41) is 3.02. The molecule has 0 heterocycles. The molecule has 0 atom stereocenters. The molecule has 0 fully saturated rings. The molecule has 0 bridgehead atoms. The van der Waals surface area contributed by atoms with Crippen LogP contribution in [0.25, 0.3) is 0 Å². The van der Waals surface area contributed by atoms with Crippen LogP contribution >= 0.6 is 0 Å². The fourth-order valence-electron chi connectivity index (χ4n) is 0.539. The van der Waals surface area contributed by atoms with Crippen molar-refractivity contribution in [3.05, 3.63) is 25.6 Å². The third-order valence-electron chi connectivity index (χ3n) is 0.977. The Labute approximate surface area is 88.8 Å². The molecule has 0 spiro atoms. The Morgan fingerprint density at radius 3 is 1.93 bits per heavy atom. The van der Waals surface area contributed by atoms with Crippen LogP contribution in [0.5, 0.6) is 0 Å². The lowest BCUT2D eigenvalue weighted by Crippen LogP contribution is -2.36. The van der Waals surface area contributed by atoms with Crippen molar-refractivity contribution >= 4 is 6.21 Å². The molecule has 0 aromatic rings. The zero-order valence-electron chi connectivity index (χ0n) is 10.2. The highest BCUT2D eigenvalue weighted by Gasteiger charge is 2.09. The van der Waals surface area contributed by atoms with Gasteiger partial charge in [0.1, 0.15) is 0 Å². The van der Waals surface area contributed by atoms with E-state index in [4.69, 9.17) is 0 Å². The smallest absolute Gasteiger partial charge is 0.0665 e. The van der Waals surface area contributed by atoms with E-state index in [0.717, 1.165) is 5.92 Å². The minimum Gasteiger partial charge on any atom is -0.381 e. The molecule has 0 saturated carbocycles. The van der Waals surface area contributed by atoms with E-state index in [2.05, 4.69) is 44.2 Å². The largest absolute Gasteiger partial charge is 0.381 e. The van der Waals surface area contributed by atoms with Gasteiger partial charge in [0.05, 0.1) is 5.54 Å². The summed E-state index contributed by atoms with van der Waals surface area (Å²) in [6.45, 7) is 17.5. The Morgan fingerprint density at radius 1 is 1.21 bits per heavy atom. The topological polar surface area (TPSA) is 24.4 Å². The summed E-state index contributed by atoms with van der Waals surface area (Å²) in [4.78, 5) is 3.89. The first kappa shape index (κ1) is 15.4. The highest BCUT2D eigenvalue weighted by Crippen LogP contribution is 1.96. The number of nitrogens with zero attached hydrogens (tertiary/aromatic N) is 1. The lowest BCUT2D eigenvalue weighted by atomic mass is 10.1. The number of aliphatic imine (C=N–C) groups is 1. The molecule has 2 nitrogen and oxygen atoms in total. The van der Waals surface area contributed by atoms with E-state index in [-0.39, 0.29) is 5.54 Å². The van der Waals surface area contributed by atoms with Crippen LogP contribution in [0.4, 0.5) is 0 Å². The van der Waals surface area contributed by atoms with E-state index >= 15 is 0 Å². The van der Waals surface area contributed by atoms with Crippen LogP contribution in [0.2, 0.25) is 0 Å². The highest BCUT2D eigenvalue weighted by molar-refractivity contribution is 5.69. The molecule has 2 heteroatoms. The molecule has 0 rings (SSSR count). The van der Waals surface area contributed by atoms with Crippen molar-refractivity contribution in [2.24, 2.45) is 10.9 Å². The molecule has 0 saturated heterocycles. The van der Waals surface area contributed by atoms with E-state index < -0.39 is 0 Å². The minimum atomic E-state index is -0.129. The fourth-order valence-corrected chi connectivity index (χ4v) is 0.539. The third-order valence-corrected chi connectivity index (χ3v) is 0.977. The molecular weight excluding hydrogens is 172 g/mol. The predicted octanol–water partition coefficient (Wildman–Crippen LogP) is 3.37. The molecule has 0 unspecified atom stereocenters. The Bertz CT molecular complexity index is 176. The quantitative estimate of drug-likeness (QED) is 0.685. The lowest BCUT2D eigenvalue weighted by Gasteiger charge is -2.18. The molecule has 0 radical (unpaired) electrons. The molecule has 82 valence electrons. The maximum atomic E-state index is 3.89. The summed E-state index contributed by atoms with van der Waals surface area (Å²) in [7, 11) is 0. The zero-order chi connectivity index (χ0) is 11.6. The van der Waals surface area contributed by atoms with E-state index in [0.29, 0.717) is 0 Å². The van der Waals surface area contributed by atoms with Crippen LogP contribution in [0, 0.1) is 5.92 Å². The summed E-state index contributed by atoms with van der Waals surface area (Å²) in [6, 6.07) is 0. The molecule has 0 amide bonds. The lowest BCUT2D eigenvalue weighted by molar-refractivity contribution is 0.604. The Balaban J connectivity index is 0. The average Bonchev–Trinajstić information content (AvgIpc) is 2.00. The predicted molar refractivity (Wildman–Crippen MR) is 66.6 cm³/mol. The summed E-state index contributed by atoms with van der Waals surface area (Å²) in [5.41, 5.74) is -0.129. The van der Waals surface area contributed by atoms with E-state index in [1.54, 1.807) is 12.4 Å². The van der Waals surface area contributed by atoms with Crippen molar-refractivity contribution in [2.75, 3.05) is 0 Å². The van der Waals surface area contributed by atoms with Gasteiger partial charge in [-0.3, -0.25) is 4.99 Å². The van der Waals surface area contributed by atoms with Gasteiger partial charge in [-0.25, -0.2) is 0 Å². The van der Waals surface area contributed by atoms with Gasteiger partial charge in [0.25, 0.3) is 0 Å². The standard InChI is InChI=1S/C8H14N2.C4H10/c1-5-9-7-8(3,4)10-6-2;1-4(2)3/h5-7,10H,1-2H2,3-4H3;4H,1-3H3. The van der Waals surface area contributed by atoms with Gasteiger partial charge in [-0.15, -0.1) is 0 Å². The number of nitrogens with one attached hydrogen (secondary N) is 1. The van der Waals surface area contributed by atoms with Crippen LogP contribution < -0.4 is 5.32 Å². The molecule has 0 aliphatic heterocycles. The van der Waals surface area contributed by atoms with Crippen molar-refractivity contribution in [3.63, 3.8) is 0 Å². The van der Waals surface area contributed by atoms with Crippen LogP contribution in [0.3, 0.4) is 0 Å². The van der Waals surface area contributed by atoms with Gasteiger partial charge in [-0.2, -0.15) is 0 Å². The zero-order valence-corrected chi connectivity index (χ0v) is 10.2. The van der Waals surface area contributed by atoms with Crippen molar-refractivity contribution in [1.29, 1.82) is 0 Å². The Morgan fingerprint density at radius 2 is 1.64 bits per heavy atom. The molecule has 0 aromatic carbocycles. The van der Waals surface area contributed by atoms with Crippen LogP contribution in [0.15, 0.2) is 30.6 Å². The second-order valence-corrected chi connectivity index (χ2v) is 4.26. The molecule has 14 heavy (non-hydrogen) atoms. The summed E-state index contributed by atoms with van der Waals surface area (Å²) in [5.74, 6) is 0.833. The maximum Gasteiger partial charge on any atom is 0.0665 e. The Hall–Kier alpha value is -1.05. The second-order valence-electron chi connectivity index (χ2n) is 4.26. The average molecular weight is 196 g/mol. The van der Waals surface area contributed by atoms with Crippen molar-refractivity contribution in [2.45, 2.75) is 40.2 Å².